The molecule has 0 spiro atoms. The van der Waals surface area contributed by atoms with Crippen LogP contribution in [0.1, 0.15) is 75.9 Å². The summed E-state index contributed by atoms with van der Waals surface area (Å²) in [7, 11) is 1.42. The van der Waals surface area contributed by atoms with Gasteiger partial charge in [0.2, 0.25) is 6.79 Å². The van der Waals surface area contributed by atoms with Crippen molar-refractivity contribution in [3.8, 4) is 11.5 Å². The Balaban J connectivity index is 1.76. The molecule has 224 valence electrons. The van der Waals surface area contributed by atoms with Gasteiger partial charge in [0.05, 0.1) is 19.8 Å². The number of rotatable bonds is 12. The molecule has 10 heteroatoms. The number of hydrogen-bond donors (Lipinski definition) is 1. The summed E-state index contributed by atoms with van der Waals surface area (Å²) in [5.41, 5.74) is 0.985. The molecule has 0 radical (unpaired) electrons. The van der Waals surface area contributed by atoms with E-state index < -0.39 is 36.8 Å². The lowest BCUT2D eigenvalue weighted by Crippen LogP contribution is -2.43. The van der Waals surface area contributed by atoms with Gasteiger partial charge < -0.3 is 29.0 Å². The average molecular weight is 571 g/mol. The molecular formula is C31H42N2O8. The maximum Gasteiger partial charge on any atom is 0.328 e. The molecule has 2 aromatic rings. The Hall–Kier alpha value is -3.66. The Kier molecular flexibility index (Phi) is 12.4. The molecule has 1 aliphatic heterocycles. The number of amides is 1. The van der Waals surface area contributed by atoms with Crippen LogP contribution in [-0.2, 0) is 30.4 Å². The fourth-order valence-corrected chi connectivity index (χ4v) is 4.86. The molecule has 0 unspecified atom stereocenters. The molecule has 1 fully saturated rings. The highest BCUT2D eigenvalue weighted by Gasteiger charge is 2.35. The fourth-order valence-electron chi connectivity index (χ4n) is 4.86. The summed E-state index contributed by atoms with van der Waals surface area (Å²) in [6.07, 6.45) is 4.46. The van der Waals surface area contributed by atoms with E-state index in [1.54, 1.807) is 0 Å². The summed E-state index contributed by atoms with van der Waals surface area (Å²) >= 11 is 0. The lowest BCUT2D eigenvalue weighted by Gasteiger charge is -2.31. The van der Waals surface area contributed by atoms with Crippen molar-refractivity contribution in [1.29, 1.82) is 0 Å². The third kappa shape index (κ3) is 9.74. The van der Waals surface area contributed by atoms with E-state index in [-0.39, 0.29) is 29.2 Å². The minimum Gasteiger partial charge on any atom is -0.493 e. The highest BCUT2D eigenvalue weighted by molar-refractivity contribution is 5.98. The standard InChI is InChI=1S/C31H42N2O8/c1-20(2)14-15-24-21(3)41-31(36)25(12-9-13-26(24)38-18-23-10-7-6-8-11-23)33-30(35)28-29(40-19-39-22(4)34)27(37-5)16-17-32-28/h6-8,10-11,16-17,20-21,24-26H,9,12-15,18-19H2,1-5H3,(H,33,35)/t21-,24-,25-,26-/m0/s1. The highest BCUT2D eigenvalue weighted by atomic mass is 16.7. The fraction of sp³-hybridized carbons (Fsp3) is 0.548. The number of pyridine rings is 1. The van der Waals surface area contributed by atoms with E-state index in [0.29, 0.717) is 25.4 Å². The average Bonchev–Trinajstić information content (AvgIpc) is 2.99. The van der Waals surface area contributed by atoms with Gasteiger partial charge in [-0.25, -0.2) is 9.78 Å². The highest BCUT2D eigenvalue weighted by Crippen LogP contribution is 2.31. The first-order valence-electron chi connectivity index (χ1n) is 14.2. The third-order valence-corrected chi connectivity index (χ3v) is 7.11. The number of ether oxygens (including phenoxy) is 5. The molecule has 1 amide bonds. The van der Waals surface area contributed by atoms with Gasteiger partial charge in [-0.15, -0.1) is 0 Å². The van der Waals surface area contributed by atoms with Crippen molar-refractivity contribution < 1.29 is 38.1 Å². The third-order valence-electron chi connectivity index (χ3n) is 7.11. The van der Waals surface area contributed by atoms with Crippen LogP contribution in [-0.4, -0.2) is 55.0 Å². The maximum absolute atomic E-state index is 13.3. The van der Waals surface area contributed by atoms with E-state index in [9.17, 15) is 14.4 Å². The van der Waals surface area contributed by atoms with Crippen LogP contribution in [0, 0.1) is 11.8 Å². The molecule has 1 saturated heterocycles. The topological polar surface area (TPSA) is 122 Å². The molecule has 1 aliphatic rings. The van der Waals surface area contributed by atoms with Gasteiger partial charge in [0.1, 0.15) is 12.1 Å². The van der Waals surface area contributed by atoms with Crippen LogP contribution in [0.3, 0.4) is 0 Å². The van der Waals surface area contributed by atoms with Crippen molar-refractivity contribution in [2.75, 3.05) is 13.9 Å². The summed E-state index contributed by atoms with van der Waals surface area (Å²) < 4.78 is 28.0. The predicted molar refractivity (Wildman–Crippen MR) is 151 cm³/mol. The molecule has 3 rings (SSSR count). The summed E-state index contributed by atoms with van der Waals surface area (Å²) in [5.74, 6) is -0.936. The minimum absolute atomic E-state index is 0.00155. The number of aromatic nitrogens is 1. The number of carbonyl (C=O) groups excluding carboxylic acids is 3. The van der Waals surface area contributed by atoms with Crippen molar-refractivity contribution in [3.63, 3.8) is 0 Å². The number of carbonyl (C=O) groups is 3. The summed E-state index contributed by atoms with van der Waals surface area (Å²) in [4.78, 5) is 41.9. The predicted octanol–water partition coefficient (Wildman–Crippen LogP) is 4.84. The monoisotopic (exact) mass is 570 g/mol. The second-order valence-corrected chi connectivity index (χ2v) is 10.7. The number of cyclic esters (lactones) is 1. The van der Waals surface area contributed by atoms with Crippen LogP contribution in [0.15, 0.2) is 42.6 Å². The van der Waals surface area contributed by atoms with E-state index in [1.807, 2.05) is 37.3 Å². The van der Waals surface area contributed by atoms with Gasteiger partial charge in [-0.1, -0.05) is 50.6 Å². The second kappa shape index (κ2) is 16.0. The Morgan fingerprint density at radius 3 is 2.59 bits per heavy atom. The molecular weight excluding hydrogens is 528 g/mol. The van der Waals surface area contributed by atoms with Crippen molar-refractivity contribution in [2.24, 2.45) is 11.8 Å². The Bertz CT molecular complexity index is 1140. The van der Waals surface area contributed by atoms with Crippen LogP contribution < -0.4 is 14.8 Å². The summed E-state index contributed by atoms with van der Waals surface area (Å²) in [6.45, 7) is 7.54. The zero-order valence-electron chi connectivity index (χ0n) is 24.6. The van der Waals surface area contributed by atoms with Crippen molar-refractivity contribution in [3.05, 3.63) is 53.9 Å². The summed E-state index contributed by atoms with van der Waals surface area (Å²) in [5, 5.41) is 2.77. The van der Waals surface area contributed by atoms with Crippen LogP contribution >= 0.6 is 0 Å². The molecule has 41 heavy (non-hydrogen) atoms. The number of methoxy groups -OCH3 is 1. The SMILES string of the molecule is COc1ccnc(C(=O)N[C@H]2CCC[C@H](OCc3ccccc3)[C@@H](CCC(C)C)[C@H](C)OC2=O)c1OCOC(C)=O. The molecule has 4 atom stereocenters. The second-order valence-electron chi connectivity index (χ2n) is 10.7. The van der Waals surface area contributed by atoms with Crippen molar-refractivity contribution in [2.45, 2.75) is 84.7 Å². The lowest BCUT2D eigenvalue weighted by molar-refractivity contribution is -0.156. The molecule has 0 saturated carbocycles. The van der Waals surface area contributed by atoms with E-state index in [2.05, 4.69) is 24.1 Å². The number of hydrogen-bond acceptors (Lipinski definition) is 9. The van der Waals surface area contributed by atoms with Crippen LogP contribution in [0.25, 0.3) is 0 Å². The van der Waals surface area contributed by atoms with E-state index in [4.69, 9.17) is 23.7 Å². The van der Waals surface area contributed by atoms with Gasteiger partial charge in [-0.05, 0) is 44.1 Å². The molecule has 1 aromatic carbocycles. The molecule has 0 aliphatic carbocycles. The Morgan fingerprint density at radius 1 is 1.15 bits per heavy atom. The van der Waals surface area contributed by atoms with Crippen molar-refractivity contribution in [1.82, 2.24) is 10.3 Å². The Morgan fingerprint density at radius 2 is 1.90 bits per heavy atom. The first kappa shape index (κ1) is 31.9. The number of esters is 2. The van der Waals surface area contributed by atoms with Crippen LogP contribution in [0.5, 0.6) is 11.5 Å². The molecule has 0 bridgehead atoms. The van der Waals surface area contributed by atoms with Gasteiger partial charge in [0.25, 0.3) is 5.91 Å². The van der Waals surface area contributed by atoms with Crippen LogP contribution in [0.2, 0.25) is 0 Å². The first-order valence-corrected chi connectivity index (χ1v) is 14.2. The van der Waals surface area contributed by atoms with E-state index >= 15 is 0 Å². The number of benzene rings is 1. The molecule has 2 heterocycles. The van der Waals surface area contributed by atoms with Gasteiger partial charge in [0, 0.05) is 25.1 Å². The van der Waals surface area contributed by atoms with Gasteiger partial charge >= 0.3 is 11.9 Å². The molecule has 1 N–H and O–H groups in total. The lowest BCUT2D eigenvalue weighted by atomic mass is 9.86. The summed E-state index contributed by atoms with van der Waals surface area (Å²) in [6, 6.07) is 10.6. The van der Waals surface area contributed by atoms with Gasteiger partial charge in [-0.3, -0.25) is 9.59 Å². The van der Waals surface area contributed by atoms with Crippen molar-refractivity contribution >= 4 is 17.8 Å². The van der Waals surface area contributed by atoms with E-state index in [1.165, 1.54) is 26.3 Å². The smallest absolute Gasteiger partial charge is 0.328 e. The van der Waals surface area contributed by atoms with E-state index in [0.717, 1.165) is 24.8 Å². The minimum atomic E-state index is -0.891. The van der Waals surface area contributed by atoms with Gasteiger partial charge in [0.15, 0.2) is 17.2 Å². The van der Waals surface area contributed by atoms with Crippen LogP contribution in [0.4, 0.5) is 0 Å². The normalized spacial score (nSPS) is 21.2. The zero-order chi connectivity index (χ0) is 29.8. The first-order chi connectivity index (χ1) is 19.7. The largest absolute Gasteiger partial charge is 0.493 e. The zero-order valence-corrected chi connectivity index (χ0v) is 24.6. The van der Waals surface area contributed by atoms with Gasteiger partial charge in [-0.2, -0.15) is 0 Å². The molecule has 1 aromatic heterocycles. The number of nitrogens with one attached hydrogen (secondary N) is 1. The number of nitrogens with zero attached hydrogens (tertiary/aromatic N) is 1. The quantitative estimate of drug-likeness (QED) is 0.282. The maximum atomic E-state index is 13.3. The Labute approximate surface area is 242 Å². The molecule has 10 nitrogen and oxygen atoms in total.